The van der Waals surface area contributed by atoms with E-state index in [1.807, 2.05) is 19.1 Å². The van der Waals surface area contributed by atoms with Gasteiger partial charge >= 0.3 is 0 Å². The molecule has 8 heteroatoms. The van der Waals surface area contributed by atoms with Crippen LogP contribution in [-0.2, 0) is 0 Å². The molecule has 0 amide bonds. The van der Waals surface area contributed by atoms with Crippen LogP contribution in [0, 0.1) is 24.7 Å². The van der Waals surface area contributed by atoms with Gasteiger partial charge in [-0.15, -0.1) is 0 Å². The van der Waals surface area contributed by atoms with Gasteiger partial charge in [0, 0.05) is 29.7 Å². The summed E-state index contributed by atoms with van der Waals surface area (Å²) in [5.74, 6) is 0.539. The average Bonchev–Trinajstić information content (AvgIpc) is 2.53. The highest BCUT2D eigenvalue weighted by molar-refractivity contribution is 6.01. The van der Waals surface area contributed by atoms with E-state index in [2.05, 4.69) is 20.6 Å². The molecular formula is C19H27N7O. The third-order valence-electron chi connectivity index (χ3n) is 4.04. The van der Waals surface area contributed by atoms with Crippen LogP contribution in [0.4, 0.5) is 23.1 Å². The summed E-state index contributed by atoms with van der Waals surface area (Å²) in [7, 11) is 0. The molecule has 8 nitrogen and oxygen atoms in total. The number of benzene rings is 1. The van der Waals surface area contributed by atoms with Gasteiger partial charge in [0.1, 0.15) is 5.82 Å². The summed E-state index contributed by atoms with van der Waals surface area (Å²) >= 11 is 0. The van der Waals surface area contributed by atoms with Crippen molar-refractivity contribution in [1.29, 1.82) is 10.8 Å². The van der Waals surface area contributed by atoms with Gasteiger partial charge in [-0.05, 0) is 46.2 Å². The van der Waals surface area contributed by atoms with Crippen LogP contribution in [0.25, 0.3) is 0 Å². The first-order chi connectivity index (χ1) is 12.5. The molecule has 0 saturated carbocycles. The summed E-state index contributed by atoms with van der Waals surface area (Å²) in [4.78, 5) is 8.63. The number of rotatable bonds is 7. The topological polar surface area (TPSA) is 144 Å². The van der Waals surface area contributed by atoms with Gasteiger partial charge in [-0.25, -0.2) is 4.98 Å². The SMILES string of the molecule is CC(=N)c1c(C)nc(Nc2ccc(C)c(NCC(C)(C)O)c2C=N)nc1N. The first kappa shape index (κ1) is 20.3. The Kier molecular flexibility index (Phi) is 5.80. The Hall–Kier alpha value is -3.00. The normalized spacial score (nSPS) is 11.2. The van der Waals surface area contributed by atoms with Crippen molar-refractivity contribution >= 4 is 35.1 Å². The Morgan fingerprint density at radius 2 is 1.96 bits per heavy atom. The van der Waals surface area contributed by atoms with Crippen molar-refractivity contribution in [2.75, 3.05) is 22.9 Å². The van der Waals surface area contributed by atoms with Crippen LogP contribution in [0.1, 0.15) is 43.2 Å². The van der Waals surface area contributed by atoms with Gasteiger partial charge in [-0.2, -0.15) is 4.98 Å². The van der Waals surface area contributed by atoms with E-state index < -0.39 is 5.60 Å². The van der Waals surface area contributed by atoms with E-state index in [9.17, 15) is 5.11 Å². The van der Waals surface area contributed by atoms with Crippen LogP contribution >= 0.6 is 0 Å². The van der Waals surface area contributed by atoms with E-state index in [4.69, 9.17) is 16.6 Å². The third kappa shape index (κ3) is 4.79. The van der Waals surface area contributed by atoms with Gasteiger partial charge in [0.05, 0.1) is 22.5 Å². The monoisotopic (exact) mass is 369 g/mol. The molecule has 0 aliphatic carbocycles. The van der Waals surface area contributed by atoms with Crippen LogP contribution in [0.15, 0.2) is 12.1 Å². The minimum absolute atomic E-state index is 0.237. The van der Waals surface area contributed by atoms with Crippen molar-refractivity contribution in [1.82, 2.24) is 9.97 Å². The molecule has 0 saturated heterocycles. The van der Waals surface area contributed by atoms with Crippen LogP contribution in [0.3, 0.4) is 0 Å². The Balaban J connectivity index is 2.42. The number of nitrogens with zero attached hydrogens (tertiary/aromatic N) is 2. The lowest BCUT2D eigenvalue weighted by atomic mass is 10.0. The minimum atomic E-state index is -0.885. The molecule has 1 heterocycles. The number of nitrogens with two attached hydrogens (primary N) is 1. The number of aliphatic hydroxyl groups is 1. The molecule has 0 aliphatic rings. The third-order valence-corrected chi connectivity index (χ3v) is 4.04. The first-order valence-electron chi connectivity index (χ1n) is 8.60. The van der Waals surface area contributed by atoms with Crippen molar-refractivity contribution in [2.45, 2.75) is 40.2 Å². The Morgan fingerprint density at radius 1 is 1.30 bits per heavy atom. The summed E-state index contributed by atoms with van der Waals surface area (Å²) in [6.45, 7) is 9.13. The van der Waals surface area contributed by atoms with Crippen LogP contribution < -0.4 is 16.4 Å². The highest BCUT2D eigenvalue weighted by Crippen LogP contribution is 2.29. The zero-order chi connectivity index (χ0) is 20.4. The maximum absolute atomic E-state index is 9.98. The predicted molar refractivity (Wildman–Crippen MR) is 111 cm³/mol. The standard InChI is InChI=1S/C19H27N7O/c1-10-6-7-14(13(8-20)16(10)23-9-19(4,5)27)25-18-24-12(3)15(11(2)21)17(22)26-18/h6-8,20-21,23,27H,9H2,1-5H3,(H3,22,24,25,26). The Morgan fingerprint density at radius 3 is 2.48 bits per heavy atom. The molecule has 0 fully saturated rings. The average molecular weight is 369 g/mol. The Bertz CT molecular complexity index is 861. The Labute approximate surface area is 159 Å². The van der Waals surface area contributed by atoms with E-state index in [0.717, 1.165) is 11.3 Å². The number of hydrogen-bond acceptors (Lipinski definition) is 8. The van der Waals surface area contributed by atoms with Crippen LogP contribution in [-0.4, -0.2) is 39.1 Å². The maximum Gasteiger partial charge on any atom is 0.229 e. The van der Waals surface area contributed by atoms with E-state index in [0.29, 0.717) is 40.7 Å². The van der Waals surface area contributed by atoms with E-state index in [-0.39, 0.29) is 5.82 Å². The van der Waals surface area contributed by atoms with Gasteiger partial charge in [0.15, 0.2) is 0 Å². The number of aromatic nitrogens is 2. The lowest BCUT2D eigenvalue weighted by Crippen LogP contribution is -2.30. The second kappa shape index (κ2) is 7.71. The molecule has 2 rings (SSSR count). The van der Waals surface area contributed by atoms with Gasteiger partial charge < -0.3 is 32.3 Å². The van der Waals surface area contributed by atoms with Gasteiger partial charge in [0.2, 0.25) is 5.95 Å². The van der Waals surface area contributed by atoms with E-state index in [1.54, 1.807) is 27.7 Å². The van der Waals surface area contributed by atoms with Crippen molar-refractivity contribution in [3.05, 3.63) is 34.5 Å². The van der Waals surface area contributed by atoms with Gasteiger partial charge in [-0.1, -0.05) is 6.07 Å². The quantitative estimate of drug-likeness (QED) is 0.414. The van der Waals surface area contributed by atoms with Crippen molar-refractivity contribution in [2.24, 2.45) is 0 Å². The molecule has 0 unspecified atom stereocenters. The minimum Gasteiger partial charge on any atom is -0.389 e. The largest absolute Gasteiger partial charge is 0.389 e. The molecule has 0 spiro atoms. The molecule has 1 aromatic heterocycles. The van der Waals surface area contributed by atoms with E-state index in [1.165, 1.54) is 6.21 Å². The fourth-order valence-electron chi connectivity index (χ4n) is 2.76. The van der Waals surface area contributed by atoms with Crippen molar-refractivity contribution in [3.8, 4) is 0 Å². The molecule has 144 valence electrons. The molecule has 0 radical (unpaired) electrons. The zero-order valence-corrected chi connectivity index (χ0v) is 16.4. The van der Waals surface area contributed by atoms with E-state index >= 15 is 0 Å². The summed E-state index contributed by atoms with van der Waals surface area (Å²) in [6.07, 6.45) is 1.24. The second-order valence-electron chi connectivity index (χ2n) is 7.17. The molecule has 7 N–H and O–H groups in total. The number of nitrogens with one attached hydrogen (secondary N) is 4. The second-order valence-corrected chi connectivity index (χ2v) is 7.17. The van der Waals surface area contributed by atoms with Crippen LogP contribution in [0.2, 0.25) is 0 Å². The molecule has 0 bridgehead atoms. The number of anilines is 4. The predicted octanol–water partition coefficient (Wildman–Crippen LogP) is 2.99. The summed E-state index contributed by atoms with van der Waals surface area (Å²) in [5, 5.41) is 31.9. The van der Waals surface area contributed by atoms with Gasteiger partial charge in [-0.3, -0.25) is 0 Å². The molecule has 0 aliphatic heterocycles. The molecule has 2 aromatic rings. The molecule has 1 aromatic carbocycles. The zero-order valence-electron chi connectivity index (χ0n) is 16.4. The smallest absolute Gasteiger partial charge is 0.229 e. The lowest BCUT2D eigenvalue weighted by molar-refractivity contribution is 0.0945. The number of aryl methyl sites for hydroxylation is 2. The number of hydrogen-bond donors (Lipinski definition) is 6. The first-order valence-corrected chi connectivity index (χ1v) is 8.60. The van der Waals surface area contributed by atoms with Gasteiger partial charge in [0.25, 0.3) is 0 Å². The summed E-state index contributed by atoms with van der Waals surface area (Å²) < 4.78 is 0. The summed E-state index contributed by atoms with van der Waals surface area (Å²) in [5.41, 5.74) is 9.54. The highest BCUT2D eigenvalue weighted by Gasteiger charge is 2.17. The molecule has 27 heavy (non-hydrogen) atoms. The fraction of sp³-hybridized carbons (Fsp3) is 0.368. The lowest BCUT2D eigenvalue weighted by Gasteiger charge is -2.22. The van der Waals surface area contributed by atoms with Crippen LogP contribution in [0.5, 0.6) is 0 Å². The summed E-state index contributed by atoms with van der Waals surface area (Å²) in [6, 6.07) is 3.75. The molecular weight excluding hydrogens is 342 g/mol. The molecule has 0 atom stereocenters. The fourth-order valence-corrected chi connectivity index (χ4v) is 2.76. The highest BCUT2D eigenvalue weighted by atomic mass is 16.3. The van der Waals surface area contributed by atoms with Crippen molar-refractivity contribution in [3.63, 3.8) is 0 Å². The number of nitrogen functional groups attached to an aromatic ring is 1. The van der Waals surface area contributed by atoms with Crippen molar-refractivity contribution < 1.29 is 5.11 Å². The maximum atomic E-state index is 9.98.